The minimum Gasteiger partial charge on any atom is -0.399 e. The van der Waals surface area contributed by atoms with Gasteiger partial charge in [0.1, 0.15) is 0 Å². The van der Waals surface area contributed by atoms with E-state index < -0.39 is 41.9 Å². The average molecular weight is 635 g/mol. The number of hydrogen-bond acceptors (Lipinski definition) is 2. The fourth-order valence-electron chi connectivity index (χ4n) is 7.53. The highest BCUT2D eigenvalue weighted by Gasteiger charge is 2.44. The molecule has 0 amide bonds. The molecule has 250 valence electrons. The molecular formula is C35H49F7O2. The van der Waals surface area contributed by atoms with E-state index in [2.05, 4.69) is 23.8 Å². The molecular weight excluding hydrogens is 585 g/mol. The van der Waals surface area contributed by atoms with Crippen molar-refractivity contribution in [2.45, 2.75) is 147 Å². The summed E-state index contributed by atoms with van der Waals surface area (Å²) in [5.74, 6) is -3.74. The summed E-state index contributed by atoms with van der Waals surface area (Å²) in [4.78, 5) is 0. The van der Waals surface area contributed by atoms with Crippen molar-refractivity contribution in [2.24, 2.45) is 23.7 Å². The highest BCUT2D eigenvalue weighted by atomic mass is 19.4. The van der Waals surface area contributed by atoms with Gasteiger partial charge in [-0.05, 0) is 118 Å². The molecule has 9 heteroatoms. The molecule has 3 aliphatic rings. The first kappa shape index (κ1) is 35.1. The zero-order valence-corrected chi connectivity index (χ0v) is 26.0. The van der Waals surface area contributed by atoms with Crippen molar-refractivity contribution < 1.29 is 40.2 Å². The highest BCUT2D eigenvalue weighted by molar-refractivity contribution is 5.33. The van der Waals surface area contributed by atoms with Gasteiger partial charge in [-0.15, -0.1) is 13.2 Å². The molecule has 0 aromatic heterocycles. The smallest absolute Gasteiger partial charge is 0.399 e. The second-order valence-electron chi connectivity index (χ2n) is 13.5. The van der Waals surface area contributed by atoms with Crippen molar-refractivity contribution in [3.05, 3.63) is 41.5 Å². The first-order chi connectivity index (χ1) is 20.9. The molecule has 0 atom stereocenters. The highest BCUT2D eigenvalue weighted by Crippen LogP contribution is 2.44. The Labute approximate surface area is 258 Å². The van der Waals surface area contributed by atoms with Crippen molar-refractivity contribution in [1.82, 2.24) is 0 Å². The van der Waals surface area contributed by atoms with Gasteiger partial charge in [0.05, 0.1) is 12.0 Å². The van der Waals surface area contributed by atoms with E-state index >= 15 is 8.78 Å². The normalized spacial score (nSPS) is 28.8. The van der Waals surface area contributed by atoms with Gasteiger partial charge in [0, 0.05) is 0 Å². The van der Waals surface area contributed by atoms with Gasteiger partial charge in [0.25, 0.3) is 0 Å². The predicted octanol–water partition coefficient (Wildman–Crippen LogP) is 12.0. The Morgan fingerprint density at radius 1 is 0.705 bits per heavy atom. The SMILES string of the molecule is CCCCCCCC1CCC(C(F)(F)OC2CCC(/C=C/C3CCC(c4cc(F)c(OC(F)(F)F)c(F)c4)CC3)CC2)CC1. The third-order valence-corrected chi connectivity index (χ3v) is 10.2. The van der Waals surface area contributed by atoms with Crippen molar-refractivity contribution in [2.75, 3.05) is 0 Å². The maximum absolute atomic E-state index is 15.1. The van der Waals surface area contributed by atoms with E-state index in [0.29, 0.717) is 61.8 Å². The van der Waals surface area contributed by atoms with Gasteiger partial charge >= 0.3 is 12.5 Å². The van der Waals surface area contributed by atoms with E-state index in [9.17, 15) is 22.0 Å². The van der Waals surface area contributed by atoms with Crippen LogP contribution < -0.4 is 4.74 Å². The van der Waals surface area contributed by atoms with Crippen LogP contribution >= 0.6 is 0 Å². The maximum atomic E-state index is 15.1. The number of ether oxygens (including phenoxy) is 2. The standard InChI is InChI=1S/C35H49F7O2/c1-2-3-4-5-6-7-24-12-18-29(19-13-24)34(38,39)43-30-20-14-26(15-21-30)9-8-25-10-16-27(17-11-25)28-22-31(36)33(32(37)23-28)44-35(40,41)42/h8-9,22-27,29-30H,2-7,10-21H2,1H3/b9-8+. The van der Waals surface area contributed by atoms with E-state index in [1.807, 2.05) is 0 Å². The van der Waals surface area contributed by atoms with Crippen LogP contribution in [0.4, 0.5) is 30.7 Å². The Balaban J connectivity index is 1.14. The number of rotatable bonds is 13. The lowest BCUT2D eigenvalue weighted by atomic mass is 9.77. The van der Waals surface area contributed by atoms with Crippen molar-refractivity contribution >= 4 is 0 Å². The van der Waals surface area contributed by atoms with E-state index in [0.717, 1.165) is 50.7 Å². The third kappa shape index (κ3) is 10.7. The van der Waals surface area contributed by atoms with Crippen LogP contribution in [0.1, 0.15) is 134 Å². The third-order valence-electron chi connectivity index (χ3n) is 10.2. The zero-order valence-electron chi connectivity index (χ0n) is 26.0. The largest absolute Gasteiger partial charge is 0.573 e. The van der Waals surface area contributed by atoms with Crippen LogP contribution in [0.25, 0.3) is 0 Å². The average Bonchev–Trinajstić information content (AvgIpc) is 2.98. The maximum Gasteiger partial charge on any atom is 0.573 e. The number of alkyl halides is 5. The molecule has 3 saturated carbocycles. The first-order valence-electron chi connectivity index (χ1n) is 16.9. The summed E-state index contributed by atoms with van der Waals surface area (Å²) >= 11 is 0. The molecule has 3 aliphatic carbocycles. The summed E-state index contributed by atoms with van der Waals surface area (Å²) in [6, 6.07) is 1.88. The Morgan fingerprint density at radius 3 is 1.80 bits per heavy atom. The molecule has 0 spiro atoms. The first-order valence-corrected chi connectivity index (χ1v) is 16.9. The summed E-state index contributed by atoms with van der Waals surface area (Å²) < 4.78 is 105. The van der Waals surface area contributed by atoms with Crippen LogP contribution in [0, 0.1) is 35.3 Å². The molecule has 4 rings (SSSR count). The molecule has 1 aromatic carbocycles. The van der Waals surface area contributed by atoms with Crippen molar-refractivity contribution in [3.8, 4) is 5.75 Å². The minimum atomic E-state index is -5.17. The van der Waals surface area contributed by atoms with E-state index in [4.69, 9.17) is 4.74 Å². The summed E-state index contributed by atoms with van der Waals surface area (Å²) in [7, 11) is 0. The Kier molecular flexibility index (Phi) is 12.9. The van der Waals surface area contributed by atoms with Gasteiger partial charge in [-0.25, -0.2) is 8.78 Å². The van der Waals surface area contributed by atoms with Crippen LogP contribution in [-0.2, 0) is 4.74 Å². The molecule has 2 nitrogen and oxygen atoms in total. The Bertz CT molecular complexity index is 1010. The van der Waals surface area contributed by atoms with Crippen LogP contribution in [0.15, 0.2) is 24.3 Å². The molecule has 0 N–H and O–H groups in total. The fourth-order valence-corrected chi connectivity index (χ4v) is 7.53. The second-order valence-corrected chi connectivity index (χ2v) is 13.5. The fraction of sp³-hybridized carbons (Fsp3) is 0.771. The Morgan fingerprint density at radius 2 is 1.25 bits per heavy atom. The molecule has 0 aliphatic heterocycles. The second kappa shape index (κ2) is 16.2. The summed E-state index contributed by atoms with van der Waals surface area (Å²) in [5.41, 5.74) is 0.345. The van der Waals surface area contributed by atoms with Gasteiger partial charge in [-0.1, -0.05) is 57.6 Å². The molecule has 0 bridgehead atoms. The van der Waals surface area contributed by atoms with Crippen LogP contribution in [0.5, 0.6) is 5.75 Å². The van der Waals surface area contributed by atoms with Crippen molar-refractivity contribution in [3.63, 3.8) is 0 Å². The summed E-state index contributed by atoms with van der Waals surface area (Å²) in [6.07, 6.45) is 11.8. The van der Waals surface area contributed by atoms with E-state index in [1.54, 1.807) is 0 Å². The van der Waals surface area contributed by atoms with Crippen LogP contribution in [0.2, 0.25) is 0 Å². The van der Waals surface area contributed by atoms with Gasteiger partial charge in [-0.2, -0.15) is 8.78 Å². The predicted molar refractivity (Wildman–Crippen MR) is 157 cm³/mol. The molecule has 0 unspecified atom stereocenters. The van der Waals surface area contributed by atoms with Crippen LogP contribution in [-0.4, -0.2) is 18.6 Å². The number of unbranched alkanes of at least 4 members (excludes halogenated alkanes) is 4. The van der Waals surface area contributed by atoms with E-state index in [-0.39, 0.29) is 5.92 Å². The van der Waals surface area contributed by atoms with Gasteiger partial charge in [0.15, 0.2) is 11.6 Å². The summed E-state index contributed by atoms with van der Waals surface area (Å²) in [6.45, 7) is 2.21. The Hall–Kier alpha value is -1.77. The van der Waals surface area contributed by atoms with Gasteiger partial charge in [0.2, 0.25) is 5.75 Å². The topological polar surface area (TPSA) is 18.5 Å². The van der Waals surface area contributed by atoms with Crippen LogP contribution in [0.3, 0.4) is 0 Å². The number of hydrogen-bond donors (Lipinski definition) is 0. The summed E-state index contributed by atoms with van der Waals surface area (Å²) in [5, 5.41) is 0. The monoisotopic (exact) mass is 634 g/mol. The number of allylic oxidation sites excluding steroid dienone is 2. The quantitative estimate of drug-likeness (QED) is 0.122. The molecule has 44 heavy (non-hydrogen) atoms. The van der Waals surface area contributed by atoms with Gasteiger partial charge in [-0.3, -0.25) is 0 Å². The van der Waals surface area contributed by atoms with E-state index in [1.165, 1.54) is 38.5 Å². The molecule has 0 radical (unpaired) electrons. The molecule has 3 fully saturated rings. The molecule has 0 heterocycles. The molecule has 1 aromatic rings. The van der Waals surface area contributed by atoms with Gasteiger partial charge < -0.3 is 9.47 Å². The number of benzene rings is 1. The lowest BCUT2D eigenvalue weighted by molar-refractivity contribution is -0.301. The minimum absolute atomic E-state index is 0.136. The zero-order chi connectivity index (χ0) is 31.7. The van der Waals surface area contributed by atoms with Crippen molar-refractivity contribution in [1.29, 1.82) is 0 Å². The number of halogens is 7. The lowest BCUT2D eigenvalue weighted by Crippen LogP contribution is -2.39. The lowest BCUT2D eigenvalue weighted by Gasteiger charge is -2.37. The molecule has 0 saturated heterocycles.